The van der Waals surface area contributed by atoms with Crippen molar-refractivity contribution < 1.29 is 19.0 Å². The average molecular weight is 379 g/mol. The Hall–Kier alpha value is -2.69. The van der Waals surface area contributed by atoms with Crippen molar-refractivity contribution in [1.29, 1.82) is 0 Å². The summed E-state index contributed by atoms with van der Waals surface area (Å²) in [4.78, 5) is 14.5. The second-order valence-electron chi connectivity index (χ2n) is 7.71. The number of fused-ring (bicyclic) bond motifs is 2. The van der Waals surface area contributed by atoms with Gasteiger partial charge in [-0.15, -0.1) is 0 Å². The van der Waals surface area contributed by atoms with Crippen LogP contribution in [-0.2, 0) is 17.6 Å². The summed E-state index contributed by atoms with van der Waals surface area (Å²) in [5.74, 6) is 3.38. The third-order valence-electron chi connectivity index (χ3n) is 6.05. The van der Waals surface area contributed by atoms with Gasteiger partial charge in [-0.3, -0.25) is 4.79 Å². The SMILES string of the molecule is O=C(COc1ccccc1)N1CCC(c2c3c(cc4c2OCC4)OCC3)CC1. The summed E-state index contributed by atoms with van der Waals surface area (Å²) in [7, 11) is 0. The summed E-state index contributed by atoms with van der Waals surface area (Å²) in [6.07, 6.45) is 3.85. The first-order valence-corrected chi connectivity index (χ1v) is 10.2. The van der Waals surface area contributed by atoms with Crippen molar-refractivity contribution >= 4 is 5.91 Å². The van der Waals surface area contributed by atoms with Gasteiger partial charge in [-0.1, -0.05) is 18.2 Å². The van der Waals surface area contributed by atoms with Crippen molar-refractivity contribution in [2.24, 2.45) is 0 Å². The molecular formula is C23H25NO4. The number of carbonyl (C=O) groups excluding carboxylic acids is 1. The molecule has 3 heterocycles. The molecule has 5 heteroatoms. The highest BCUT2D eigenvalue weighted by Gasteiger charge is 2.33. The topological polar surface area (TPSA) is 48.0 Å². The first kappa shape index (κ1) is 17.4. The Morgan fingerprint density at radius 2 is 1.86 bits per heavy atom. The molecular weight excluding hydrogens is 354 g/mol. The van der Waals surface area contributed by atoms with Crippen LogP contribution in [0, 0.1) is 0 Å². The molecule has 2 aromatic carbocycles. The monoisotopic (exact) mass is 379 g/mol. The molecule has 1 saturated heterocycles. The van der Waals surface area contributed by atoms with Crippen LogP contribution in [0.1, 0.15) is 35.4 Å². The maximum absolute atomic E-state index is 12.5. The van der Waals surface area contributed by atoms with Crippen molar-refractivity contribution in [3.8, 4) is 17.2 Å². The van der Waals surface area contributed by atoms with Gasteiger partial charge in [-0.05, 0) is 37.0 Å². The van der Waals surface area contributed by atoms with Crippen molar-refractivity contribution in [1.82, 2.24) is 4.90 Å². The predicted molar refractivity (Wildman–Crippen MR) is 105 cm³/mol. The summed E-state index contributed by atoms with van der Waals surface area (Å²) in [5.41, 5.74) is 3.97. The number of para-hydroxylation sites is 1. The molecule has 0 aliphatic carbocycles. The predicted octanol–water partition coefficient (Wildman–Crippen LogP) is 3.34. The Balaban J connectivity index is 1.25. The summed E-state index contributed by atoms with van der Waals surface area (Å²) >= 11 is 0. The van der Waals surface area contributed by atoms with Crippen LogP contribution >= 0.6 is 0 Å². The molecule has 0 spiro atoms. The minimum atomic E-state index is 0.0606. The zero-order chi connectivity index (χ0) is 18.9. The molecule has 28 heavy (non-hydrogen) atoms. The number of benzene rings is 2. The van der Waals surface area contributed by atoms with Crippen LogP contribution in [0.5, 0.6) is 17.2 Å². The van der Waals surface area contributed by atoms with Crippen LogP contribution in [0.2, 0.25) is 0 Å². The minimum absolute atomic E-state index is 0.0606. The van der Waals surface area contributed by atoms with Crippen LogP contribution in [0.4, 0.5) is 0 Å². The number of likely N-dealkylation sites (tertiary alicyclic amines) is 1. The molecule has 3 aliphatic rings. The lowest BCUT2D eigenvalue weighted by atomic mass is 9.84. The summed E-state index contributed by atoms with van der Waals surface area (Å²) < 4.78 is 17.5. The lowest BCUT2D eigenvalue weighted by molar-refractivity contribution is -0.134. The van der Waals surface area contributed by atoms with E-state index in [0.29, 0.717) is 5.92 Å². The van der Waals surface area contributed by atoms with Gasteiger partial charge in [0, 0.05) is 42.6 Å². The molecule has 0 saturated carbocycles. The maximum atomic E-state index is 12.5. The fourth-order valence-electron chi connectivity index (χ4n) is 4.62. The Morgan fingerprint density at radius 1 is 1.07 bits per heavy atom. The molecule has 1 fully saturated rings. The number of rotatable bonds is 4. The zero-order valence-corrected chi connectivity index (χ0v) is 16.0. The number of amides is 1. The molecule has 0 radical (unpaired) electrons. The molecule has 3 aliphatic heterocycles. The van der Waals surface area contributed by atoms with Crippen LogP contribution in [0.15, 0.2) is 36.4 Å². The fraction of sp³-hybridized carbons (Fsp3) is 0.435. The van der Waals surface area contributed by atoms with Crippen molar-refractivity contribution in [2.75, 3.05) is 32.9 Å². The summed E-state index contributed by atoms with van der Waals surface area (Å²) in [6.45, 7) is 3.16. The van der Waals surface area contributed by atoms with E-state index in [1.165, 1.54) is 16.7 Å². The first-order valence-electron chi connectivity index (χ1n) is 10.2. The molecule has 1 amide bonds. The highest BCUT2D eigenvalue weighted by Crippen LogP contribution is 2.46. The van der Waals surface area contributed by atoms with Crippen LogP contribution in [0.25, 0.3) is 0 Å². The number of nitrogens with zero attached hydrogens (tertiary/aromatic N) is 1. The van der Waals surface area contributed by atoms with Crippen molar-refractivity contribution in [3.05, 3.63) is 53.1 Å². The van der Waals surface area contributed by atoms with E-state index in [1.807, 2.05) is 35.2 Å². The van der Waals surface area contributed by atoms with Crippen LogP contribution in [-0.4, -0.2) is 43.7 Å². The Morgan fingerprint density at radius 3 is 2.68 bits per heavy atom. The molecule has 0 atom stereocenters. The molecule has 0 unspecified atom stereocenters. The second kappa shape index (κ2) is 7.38. The second-order valence-corrected chi connectivity index (χ2v) is 7.71. The lowest BCUT2D eigenvalue weighted by Gasteiger charge is -2.33. The van der Waals surface area contributed by atoms with E-state index >= 15 is 0 Å². The van der Waals surface area contributed by atoms with Crippen LogP contribution in [0.3, 0.4) is 0 Å². The normalized spacial score (nSPS) is 18.2. The van der Waals surface area contributed by atoms with Gasteiger partial charge in [0.1, 0.15) is 17.2 Å². The number of carbonyl (C=O) groups is 1. The molecule has 5 nitrogen and oxygen atoms in total. The van der Waals surface area contributed by atoms with Crippen molar-refractivity contribution in [2.45, 2.75) is 31.6 Å². The highest BCUT2D eigenvalue weighted by molar-refractivity contribution is 5.78. The van der Waals surface area contributed by atoms with Gasteiger partial charge < -0.3 is 19.1 Å². The van der Waals surface area contributed by atoms with E-state index in [9.17, 15) is 4.79 Å². The standard InChI is InChI=1S/C23H25NO4/c25-21(15-28-18-4-2-1-3-5-18)24-10-6-16(7-11-24)22-19-9-13-26-20(19)14-17-8-12-27-23(17)22/h1-5,14,16H,6-13,15H2. The summed E-state index contributed by atoms with van der Waals surface area (Å²) in [5, 5.41) is 0. The first-order chi connectivity index (χ1) is 13.8. The average Bonchev–Trinajstić information content (AvgIpc) is 3.40. The third kappa shape index (κ3) is 3.19. The quantitative estimate of drug-likeness (QED) is 0.818. The molecule has 0 bridgehead atoms. The molecule has 5 rings (SSSR count). The van der Waals surface area contributed by atoms with E-state index < -0.39 is 0 Å². The molecule has 2 aromatic rings. The maximum Gasteiger partial charge on any atom is 0.260 e. The molecule has 146 valence electrons. The number of hydrogen-bond acceptors (Lipinski definition) is 4. The fourth-order valence-corrected chi connectivity index (χ4v) is 4.62. The zero-order valence-electron chi connectivity index (χ0n) is 16.0. The number of hydrogen-bond donors (Lipinski definition) is 0. The largest absolute Gasteiger partial charge is 0.493 e. The highest BCUT2D eigenvalue weighted by atomic mass is 16.5. The van der Waals surface area contributed by atoms with E-state index in [4.69, 9.17) is 14.2 Å². The third-order valence-corrected chi connectivity index (χ3v) is 6.05. The smallest absolute Gasteiger partial charge is 0.260 e. The Bertz CT molecular complexity index is 840. The van der Waals surface area contributed by atoms with E-state index in [0.717, 1.165) is 69.2 Å². The van der Waals surface area contributed by atoms with Gasteiger partial charge in [-0.25, -0.2) is 0 Å². The Labute approximate surface area is 165 Å². The van der Waals surface area contributed by atoms with Gasteiger partial charge in [0.15, 0.2) is 6.61 Å². The lowest BCUT2D eigenvalue weighted by Crippen LogP contribution is -2.40. The molecule has 0 aromatic heterocycles. The van der Waals surface area contributed by atoms with Gasteiger partial charge >= 0.3 is 0 Å². The Kier molecular flexibility index (Phi) is 4.59. The number of ether oxygens (including phenoxy) is 3. The number of piperidine rings is 1. The van der Waals surface area contributed by atoms with E-state index in [2.05, 4.69) is 6.07 Å². The van der Waals surface area contributed by atoms with Crippen molar-refractivity contribution in [3.63, 3.8) is 0 Å². The molecule has 0 N–H and O–H groups in total. The van der Waals surface area contributed by atoms with Gasteiger partial charge in [0.05, 0.1) is 13.2 Å². The summed E-state index contributed by atoms with van der Waals surface area (Å²) in [6, 6.07) is 11.7. The van der Waals surface area contributed by atoms with Gasteiger partial charge in [0.25, 0.3) is 5.91 Å². The van der Waals surface area contributed by atoms with Gasteiger partial charge in [0.2, 0.25) is 0 Å². The van der Waals surface area contributed by atoms with Crippen LogP contribution < -0.4 is 14.2 Å². The van der Waals surface area contributed by atoms with Gasteiger partial charge in [-0.2, -0.15) is 0 Å². The minimum Gasteiger partial charge on any atom is -0.493 e. The van der Waals surface area contributed by atoms with E-state index in [1.54, 1.807) is 0 Å². The van der Waals surface area contributed by atoms with E-state index in [-0.39, 0.29) is 12.5 Å².